The molecule has 1 aliphatic rings. The summed E-state index contributed by atoms with van der Waals surface area (Å²) in [5.74, 6) is -0.176. The van der Waals surface area contributed by atoms with Gasteiger partial charge in [0.25, 0.3) is 0 Å². The average molecular weight is 177 g/mol. The predicted molar refractivity (Wildman–Crippen MR) is 40.9 cm³/mol. The van der Waals surface area contributed by atoms with Crippen molar-refractivity contribution in [2.45, 2.75) is 13.3 Å². The SMILES string of the molecule is CC1(C[SH](=O)=O)CCNC1=O. The maximum atomic E-state index is 11.1. The lowest BCUT2D eigenvalue weighted by Crippen LogP contribution is -2.32. The van der Waals surface area contributed by atoms with Gasteiger partial charge in [-0.2, -0.15) is 0 Å². The first-order valence-electron chi connectivity index (χ1n) is 3.45. The van der Waals surface area contributed by atoms with Crippen LogP contribution in [0.3, 0.4) is 0 Å². The van der Waals surface area contributed by atoms with Gasteiger partial charge < -0.3 is 5.32 Å². The molecular formula is C6H11NO3S. The summed E-state index contributed by atoms with van der Waals surface area (Å²) in [5.41, 5.74) is -0.671. The first kappa shape index (κ1) is 8.52. The summed E-state index contributed by atoms with van der Waals surface area (Å²) in [7, 11) is -2.45. The molecule has 0 radical (unpaired) electrons. The van der Waals surface area contributed by atoms with Gasteiger partial charge in [0.15, 0.2) is 0 Å². The van der Waals surface area contributed by atoms with E-state index in [2.05, 4.69) is 5.32 Å². The Bertz CT molecular complexity index is 240. The van der Waals surface area contributed by atoms with Gasteiger partial charge in [-0.15, -0.1) is 0 Å². The van der Waals surface area contributed by atoms with Crippen molar-refractivity contribution in [3.05, 3.63) is 0 Å². The second-order valence-electron chi connectivity index (χ2n) is 3.06. The average Bonchev–Trinajstić information content (AvgIpc) is 2.11. The molecule has 5 heteroatoms. The molecule has 0 aromatic carbocycles. The van der Waals surface area contributed by atoms with E-state index in [0.29, 0.717) is 13.0 Å². The van der Waals surface area contributed by atoms with Crippen LogP contribution in [0.25, 0.3) is 0 Å². The van der Waals surface area contributed by atoms with E-state index in [-0.39, 0.29) is 11.7 Å². The van der Waals surface area contributed by atoms with Crippen molar-refractivity contribution >= 4 is 16.6 Å². The minimum absolute atomic E-state index is 0.0336. The van der Waals surface area contributed by atoms with Crippen LogP contribution in [0.5, 0.6) is 0 Å². The fourth-order valence-electron chi connectivity index (χ4n) is 1.21. The van der Waals surface area contributed by atoms with Crippen molar-refractivity contribution in [2.24, 2.45) is 5.41 Å². The summed E-state index contributed by atoms with van der Waals surface area (Å²) in [6, 6.07) is 0. The van der Waals surface area contributed by atoms with Gasteiger partial charge in [0.05, 0.1) is 11.2 Å². The number of thiol groups is 1. The second kappa shape index (κ2) is 2.81. The van der Waals surface area contributed by atoms with E-state index >= 15 is 0 Å². The summed E-state index contributed by atoms with van der Waals surface area (Å²) in [6.45, 7) is 2.28. The third-order valence-electron chi connectivity index (χ3n) is 1.99. The van der Waals surface area contributed by atoms with E-state index in [4.69, 9.17) is 0 Å². The van der Waals surface area contributed by atoms with Crippen LogP contribution in [0, 0.1) is 5.41 Å². The molecule has 1 aliphatic heterocycles. The van der Waals surface area contributed by atoms with Gasteiger partial charge in [-0.25, -0.2) is 8.42 Å². The Balaban J connectivity index is 2.73. The van der Waals surface area contributed by atoms with Crippen molar-refractivity contribution in [3.8, 4) is 0 Å². The molecule has 4 nitrogen and oxygen atoms in total. The first-order chi connectivity index (χ1) is 5.04. The van der Waals surface area contributed by atoms with Crippen molar-refractivity contribution < 1.29 is 13.2 Å². The van der Waals surface area contributed by atoms with E-state index < -0.39 is 16.1 Å². The Morgan fingerprint density at radius 2 is 2.27 bits per heavy atom. The van der Waals surface area contributed by atoms with Gasteiger partial charge in [-0.3, -0.25) is 4.79 Å². The Labute approximate surface area is 66.9 Å². The largest absolute Gasteiger partial charge is 0.356 e. The fraction of sp³-hybridized carbons (Fsp3) is 0.833. The molecule has 1 unspecified atom stereocenters. The van der Waals surface area contributed by atoms with Gasteiger partial charge in [-0.05, 0) is 13.3 Å². The quantitative estimate of drug-likeness (QED) is 0.539. The highest BCUT2D eigenvalue weighted by Crippen LogP contribution is 2.25. The van der Waals surface area contributed by atoms with Crippen molar-refractivity contribution in [1.29, 1.82) is 0 Å². The van der Waals surface area contributed by atoms with E-state index in [1.807, 2.05) is 0 Å². The summed E-state index contributed by atoms with van der Waals surface area (Å²) >= 11 is 0. The Hall–Kier alpha value is -0.580. The van der Waals surface area contributed by atoms with Gasteiger partial charge >= 0.3 is 0 Å². The molecule has 1 amide bonds. The van der Waals surface area contributed by atoms with Crippen LogP contribution in [-0.4, -0.2) is 26.6 Å². The van der Waals surface area contributed by atoms with Crippen LogP contribution in [-0.2, 0) is 15.5 Å². The summed E-state index contributed by atoms with van der Waals surface area (Å²) in [4.78, 5) is 11.1. The molecule has 1 saturated heterocycles. The Morgan fingerprint density at radius 1 is 1.64 bits per heavy atom. The minimum Gasteiger partial charge on any atom is -0.356 e. The van der Waals surface area contributed by atoms with Gasteiger partial charge in [0.1, 0.15) is 10.7 Å². The van der Waals surface area contributed by atoms with Crippen LogP contribution in [0.4, 0.5) is 0 Å². The standard InChI is InChI=1S/C6H11NO3S/c1-6(4-11(9)10)2-3-7-5(6)8/h11H,2-4H2,1H3,(H,7,8). The molecule has 0 aromatic heterocycles. The van der Waals surface area contributed by atoms with Crippen molar-refractivity contribution in [1.82, 2.24) is 5.32 Å². The highest BCUT2D eigenvalue weighted by molar-refractivity contribution is 7.72. The monoisotopic (exact) mass is 177 g/mol. The third kappa shape index (κ3) is 1.71. The topological polar surface area (TPSA) is 63.2 Å². The normalized spacial score (nSPS) is 30.9. The number of nitrogens with one attached hydrogen (secondary N) is 1. The van der Waals surface area contributed by atoms with E-state index in [9.17, 15) is 13.2 Å². The molecule has 1 heterocycles. The maximum absolute atomic E-state index is 11.1. The van der Waals surface area contributed by atoms with Crippen LogP contribution in [0.2, 0.25) is 0 Å². The van der Waals surface area contributed by atoms with Gasteiger partial charge in [0, 0.05) is 6.54 Å². The highest BCUT2D eigenvalue weighted by atomic mass is 32.2. The molecule has 1 rings (SSSR count). The molecule has 0 aromatic rings. The number of carbonyl (C=O) groups excluding carboxylic acids is 1. The van der Waals surface area contributed by atoms with Crippen LogP contribution < -0.4 is 5.32 Å². The molecule has 64 valence electrons. The number of amides is 1. The Morgan fingerprint density at radius 3 is 2.64 bits per heavy atom. The number of carbonyl (C=O) groups is 1. The maximum Gasteiger partial charge on any atom is 0.227 e. The molecular weight excluding hydrogens is 166 g/mol. The lowest BCUT2D eigenvalue weighted by molar-refractivity contribution is -0.125. The van der Waals surface area contributed by atoms with Crippen LogP contribution >= 0.6 is 0 Å². The smallest absolute Gasteiger partial charge is 0.227 e. The summed E-state index contributed by atoms with van der Waals surface area (Å²) in [6.07, 6.45) is 0.620. The zero-order valence-electron chi connectivity index (χ0n) is 6.29. The zero-order chi connectivity index (χ0) is 8.48. The molecule has 11 heavy (non-hydrogen) atoms. The molecule has 0 aliphatic carbocycles. The molecule has 1 fully saturated rings. The zero-order valence-corrected chi connectivity index (χ0v) is 7.19. The van der Waals surface area contributed by atoms with Crippen LogP contribution in [0.15, 0.2) is 0 Å². The summed E-state index contributed by atoms with van der Waals surface area (Å²) in [5, 5.41) is 2.61. The van der Waals surface area contributed by atoms with Gasteiger partial charge in [0.2, 0.25) is 5.91 Å². The molecule has 1 atom stereocenters. The predicted octanol–water partition coefficient (Wildman–Crippen LogP) is -0.876. The van der Waals surface area contributed by atoms with E-state index in [0.717, 1.165) is 0 Å². The number of hydrogen-bond acceptors (Lipinski definition) is 3. The number of hydrogen-bond donors (Lipinski definition) is 2. The Kier molecular flexibility index (Phi) is 2.17. The number of rotatable bonds is 2. The minimum atomic E-state index is -2.45. The molecule has 0 saturated carbocycles. The fourth-order valence-corrected chi connectivity index (χ4v) is 2.09. The van der Waals surface area contributed by atoms with Gasteiger partial charge in [-0.1, -0.05) is 0 Å². The second-order valence-corrected chi connectivity index (χ2v) is 4.04. The van der Waals surface area contributed by atoms with Crippen molar-refractivity contribution in [3.63, 3.8) is 0 Å². The van der Waals surface area contributed by atoms with Crippen LogP contribution in [0.1, 0.15) is 13.3 Å². The lowest BCUT2D eigenvalue weighted by atomic mass is 9.92. The van der Waals surface area contributed by atoms with Crippen molar-refractivity contribution in [2.75, 3.05) is 12.3 Å². The first-order valence-corrected chi connectivity index (χ1v) is 4.81. The van der Waals surface area contributed by atoms with E-state index in [1.165, 1.54) is 0 Å². The summed E-state index contributed by atoms with van der Waals surface area (Å²) < 4.78 is 20.7. The molecule has 0 bridgehead atoms. The highest BCUT2D eigenvalue weighted by Gasteiger charge is 2.38. The van der Waals surface area contributed by atoms with E-state index in [1.54, 1.807) is 6.92 Å². The molecule has 1 N–H and O–H groups in total. The molecule has 0 spiro atoms. The third-order valence-corrected chi connectivity index (χ3v) is 2.94. The lowest BCUT2D eigenvalue weighted by Gasteiger charge is -2.15.